The van der Waals surface area contributed by atoms with Gasteiger partial charge in [-0.15, -0.1) is 0 Å². The van der Waals surface area contributed by atoms with Crippen molar-refractivity contribution in [1.29, 1.82) is 0 Å². The molecular formula is C23H26BrN3O3. The lowest BCUT2D eigenvalue weighted by Crippen LogP contribution is -2.22. The average molecular weight is 472 g/mol. The van der Waals surface area contributed by atoms with Gasteiger partial charge in [-0.1, -0.05) is 22.9 Å². The minimum atomic E-state index is -0.186. The molecule has 0 saturated carbocycles. The van der Waals surface area contributed by atoms with E-state index in [2.05, 4.69) is 32.9 Å². The summed E-state index contributed by atoms with van der Waals surface area (Å²) in [6, 6.07) is 9.33. The third kappa shape index (κ3) is 4.73. The first-order valence-electron chi connectivity index (χ1n) is 10.1. The highest BCUT2D eigenvalue weighted by molar-refractivity contribution is 9.10. The lowest BCUT2D eigenvalue weighted by atomic mass is 10.1. The van der Waals surface area contributed by atoms with Crippen LogP contribution in [0.4, 0.5) is 0 Å². The fourth-order valence-corrected chi connectivity index (χ4v) is 3.53. The number of hydrogen-bond acceptors (Lipinski definition) is 5. The van der Waals surface area contributed by atoms with Crippen LogP contribution >= 0.6 is 15.9 Å². The quantitative estimate of drug-likeness (QED) is 0.428. The van der Waals surface area contributed by atoms with Gasteiger partial charge in [-0.3, -0.25) is 4.79 Å². The van der Waals surface area contributed by atoms with Crippen LogP contribution < -0.4 is 15.0 Å². The Bertz CT molecular complexity index is 1140. The average Bonchev–Trinajstić information content (AvgIpc) is 2.71. The summed E-state index contributed by atoms with van der Waals surface area (Å²) in [5.41, 5.74) is 2.32. The molecule has 0 radical (unpaired) electrons. The largest absolute Gasteiger partial charge is 0.490 e. The molecule has 2 aromatic carbocycles. The lowest BCUT2D eigenvalue weighted by molar-refractivity contribution is 0.287. The zero-order chi connectivity index (χ0) is 21.7. The Morgan fingerprint density at radius 3 is 2.47 bits per heavy atom. The van der Waals surface area contributed by atoms with E-state index in [0.717, 1.165) is 22.0 Å². The van der Waals surface area contributed by atoms with Gasteiger partial charge >= 0.3 is 0 Å². The smallest absolute Gasteiger partial charge is 0.282 e. The highest BCUT2D eigenvalue weighted by Gasteiger charge is 2.12. The minimum Gasteiger partial charge on any atom is -0.490 e. The molecule has 3 aromatic rings. The molecule has 0 atom stereocenters. The number of benzene rings is 2. The summed E-state index contributed by atoms with van der Waals surface area (Å²) in [5.74, 6) is 2.00. The van der Waals surface area contributed by atoms with Gasteiger partial charge in [0, 0.05) is 16.5 Å². The highest BCUT2D eigenvalue weighted by Crippen LogP contribution is 2.30. The molecule has 0 N–H and O–H groups in total. The molecule has 30 heavy (non-hydrogen) atoms. The maximum Gasteiger partial charge on any atom is 0.282 e. The number of hydrogen-bond donors (Lipinski definition) is 0. The van der Waals surface area contributed by atoms with Crippen LogP contribution in [0.3, 0.4) is 0 Å². The first-order valence-corrected chi connectivity index (χ1v) is 10.9. The molecule has 7 heteroatoms. The second-order valence-corrected chi connectivity index (χ2v) is 7.74. The van der Waals surface area contributed by atoms with Gasteiger partial charge in [-0.05, 0) is 63.1 Å². The van der Waals surface area contributed by atoms with Gasteiger partial charge in [-0.25, -0.2) is 4.98 Å². The molecule has 0 amide bonds. The van der Waals surface area contributed by atoms with Crippen LogP contribution in [0.5, 0.6) is 11.5 Å². The third-order valence-electron chi connectivity index (χ3n) is 4.59. The van der Waals surface area contributed by atoms with Crippen molar-refractivity contribution in [1.82, 2.24) is 9.66 Å². The Hall–Kier alpha value is -2.67. The summed E-state index contributed by atoms with van der Waals surface area (Å²) >= 11 is 3.43. The van der Waals surface area contributed by atoms with E-state index in [-0.39, 0.29) is 5.56 Å². The second kappa shape index (κ2) is 9.89. The standard InChI is InChI=1S/C23H26BrN3O3/c1-5-8-22-26-19-10-9-17(24)13-18(19)23(28)27(22)25-14-16-12-21(30-7-3)20(29-6-2)11-15(16)4/h9-14H,5-8H2,1-4H3. The molecule has 0 aliphatic rings. The van der Waals surface area contributed by atoms with Gasteiger partial charge in [-0.2, -0.15) is 9.78 Å². The van der Waals surface area contributed by atoms with E-state index >= 15 is 0 Å². The maximum atomic E-state index is 13.1. The summed E-state index contributed by atoms with van der Waals surface area (Å²) in [6.45, 7) is 8.98. The molecule has 6 nitrogen and oxygen atoms in total. The molecule has 0 unspecified atom stereocenters. The Labute approximate surface area is 184 Å². The monoisotopic (exact) mass is 471 g/mol. The van der Waals surface area contributed by atoms with Crippen molar-refractivity contribution >= 4 is 33.0 Å². The third-order valence-corrected chi connectivity index (χ3v) is 5.09. The molecule has 0 spiro atoms. The summed E-state index contributed by atoms with van der Waals surface area (Å²) in [7, 11) is 0. The fourth-order valence-electron chi connectivity index (χ4n) is 3.17. The number of halogens is 1. The van der Waals surface area contributed by atoms with Crippen molar-refractivity contribution in [3.05, 3.63) is 62.1 Å². The maximum absolute atomic E-state index is 13.1. The van der Waals surface area contributed by atoms with Crippen LogP contribution in [0.25, 0.3) is 10.9 Å². The van der Waals surface area contributed by atoms with Crippen LogP contribution in [0, 0.1) is 6.92 Å². The van der Waals surface area contributed by atoms with E-state index in [1.807, 2.05) is 45.0 Å². The molecule has 1 heterocycles. The number of aryl methyl sites for hydroxylation is 2. The molecule has 0 bridgehead atoms. The van der Waals surface area contributed by atoms with E-state index in [9.17, 15) is 4.79 Å². The molecule has 3 rings (SSSR count). The van der Waals surface area contributed by atoms with Crippen molar-refractivity contribution in [2.75, 3.05) is 13.2 Å². The summed E-state index contributed by atoms with van der Waals surface area (Å²) in [5, 5.41) is 5.04. The van der Waals surface area contributed by atoms with Gasteiger partial charge in [0.15, 0.2) is 11.5 Å². The number of nitrogens with zero attached hydrogens (tertiary/aromatic N) is 3. The van der Waals surface area contributed by atoms with E-state index in [1.54, 1.807) is 12.3 Å². The van der Waals surface area contributed by atoms with Crippen LogP contribution in [0.1, 0.15) is 44.1 Å². The van der Waals surface area contributed by atoms with E-state index < -0.39 is 0 Å². The number of ether oxygens (including phenoxy) is 2. The van der Waals surface area contributed by atoms with Crippen LogP contribution in [-0.4, -0.2) is 29.1 Å². The van der Waals surface area contributed by atoms with Crippen molar-refractivity contribution in [2.45, 2.75) is 40.5 Å². The normalized spacial score (nSPS) is 11.4. The van der Waals surface area contributed by atoms with Gasteiger partial charge in [0.2, 0.25) is 0 Å². The number of rotatable bonds is 8. The Balaban J connectivity index is 2.11. The van der Waals surface area contributed by atoms with Gasteiger partial charge in [0.05, 0.1) is 30.3 Å². The molecule has 0 saturated heterocycles. The predicted octanol–water partition coefficient (Wildman–Crippen LogP) is 5.10. The van der Waals surface area contributed by atoms with E-state index in [0.29, 0.717) is 47.9 Å². The van der Waals surface area contributed by atoms with Crippen molar-refractivity contribution in [3.8, 4) is 11.5 Å². The van der Waals surface area contributed by atoms with Crippen molar-refractivity contribution in [3.63, 3.8) is 0 Å². The first-order chi connectivity index (χ1) is 14.5. The van der Waals surface area contributed by atoms with E-state index in [4.69, 9.17) is 9.47 Å². The molecular weight excluding hydrogens is 446 g/mol. The fraction of sp³-hybridized carbons (Fsp3) is 0.348. The minimum absolute atomic E-state index is 0.186. The first kappa shape index (κ1) is 22.0. The summed E-state index contributed by atoms with van der Waals surface area (Å²) < 4.78 is 13.6. The van der Waals surface area contributed by atoms with Crippen LogP contribution in [0.15, 0.2) is 44.7 Å². The SMILES string of the molecule is CCCc1nc2ccc(Br)cc2c(=O)n1N=Cc1cc(OCC)c(OCC)cc1C. The van der Waals surface area contributed by atoms with Gasteiger partial charge in [0.25, 0.3) is 5.56 Å². The molecule has 0 aliphatic carbocycles. The second-order valence-electron chi connectivity index (χ2n) is 6.82. The Kier molecular flexibility index (Phi) is 7.26. The predicted molar refractivity (Wildman–Crippen MR) is 124 cm³/mol. The van der Waals surface area contributed by atoms with Crippen molar-refractivity contribution < 1.29 is 9.47 Å². The number of aromatic nitrogens is 2. The van der Waals surface area contributed by atoms with Gasteiger partial charge in [0.1, 0.15) is 5.82 Å². The summed E-state index contributed by atoms with van der Waals surface area (Å²) in [4.78, 5) is 17.8. The van der Waals surface area contributed by atoms with Crippen LogP contribution in [-0.2, 0) is 6.42 Å². The van der Waals surface area contributed by atoms with E-state index in [1.165, 1.54) is 4.68 Å². The molecule has 1 aromatic heterocycles. The molecule has 0 fully saturated rings. The summed E-state index contributed by atoms with van der Waals surface area (Å²) in [6.07, 6.45) is 3.20. The Morgan fingerprint density at radius 1 is 1.10 bits per heavy atom. The molecule has 158 valence electrons. The zero-order valence-electron chi connectivity index (χ0n) is 17.7. The lowest BCUT2D eigenvalue weighted by Gasteiger charge is -2.13. The van der Waals surface area contributed by atoms with Gasteiger partial charge < -0.3 is 9.47 Å². The van der Waals surface area contributed by atoms with Crippen molar-refractivity contribution in [2.24, 2.45) is 5.10 Å². The Morgan fingerprint density at radius 2 is 1.80 bits per heavy atom. The zero-order valence-corrected chi connectivity index (χ0v) is 19.3. The topological polar surface area (TPSA) is 65.7 Å². The molecule has 0 aliphatic heterocycles. The highest BCUT2D eigenvalue weighted by atomic mass is 79.9. The number of fused-ring (bicyclic) bond motifs is 1. The van der Waals surface area contributed by atoms with Crippen LogP contribution in [0.2, 0.25) is 0 Å².